The fourth-order valence-corrected chi connectivity index (χ4v) is 5.58. The predicted molar refractivity (Wildman–Crippen MR) is 159 cm³/mol. The van der Waals surface area contributed by atoms with Gasteiger partial charge in [-0.2, -0.15) is 0 Å². The number of likely N-dealkylation sites (tertiary alicyclic amines) is 1. The van der Waals surface area contributed by atoms with Crippen LogP contribution in [0.5, 0.6) is 5.75 Å². The molecule has 0 amide bonds. The molecule has 0 aliphatic carbocycles. The molecule has 206 valence electrons. The van der Waals surface area contributed by atoms with Gasteiger partial charge < -0.3 is 14.3 Å². The zero-order valence-electron chi connectivity index (χ0n) is 22.8. The minimum Gasteiger partial charge on any atom is -0.482 e. The highest BCUT2D eigenvalue weighted by atomic mass is 16.5. The molecule has 41 heavy (non-hydrogen) atoms. The molecule has 1 aliphatic rings. The van der Waals surface area contributed by atoms with Crippen LogP contribution in [0.15, 0.2) is 114 Å². The van der Waals surface area contributed by atoms with Crippen LogP contribution < -0.4 is 4.74 Å². The highest BCUT2D eigenvalue weighted by molar-refractivity contribution is 5.79. The maximum absolute atomic E-state index is 10.8. The molecule has 0 bridgehead atoms. The Bertz CT molecular complexity index is 1560. The van der Waals surface area contributed by atoms with Crippen molar-refractivity contribution in [1.29, 1.82) is 0 Å². The number of hydrogen-bond acceptors (Lipinski definition) is 5. The van der Waals surface area contributed by atoms with E-state index in [1.807, 2.05) is 54.6 Å². The molecule has 0 saturated carbocycles. The minimum absolute atomic E-state index is 0.329. The molecule has 6 heteroatoms. The number of aliphatic carboxylic acids is 1. The maximum atomic E-state index is 10.8. The highest BCUT2D eigenvalue weighted by Gasteiger charge is 2.25. The fourth-order valence-electron chi connectivity index (χ4n) is 5.58. The van der Waals surface area contributed by atoms with Crippen molar-refractivity contribution in [1.82, 2.24) is 9.88 Å². The van der Waals surface area contributed by atoms with Crippen LogP contribution in [0.4, 0.5) is 0 Å². The van der Waals surface area contributed by atoms with Gasteiger partial charge in [0.2, 0.25) is 5.89 Å². The summed E-state index contributed by atoms with van der Waals surface area (Å²) in [7, 11) is 0. The van der Waals surface area contributed by atoms with Gasteiger partial charge in [0, 0.05) is 29.8 Å². The normalized spacial score (nSPS) is 15.2. The van der Waals surface area contributed by atoms with E-state index in [0.29, 0.717) is 17.6 Å². The summed E-state index contributed by atoms with van der Waals surface area (Å²) in [5.41, 5.74) is 6.25. The molecule has 0 spiro atoms. The van der Waals surface area contributed by atoms with E-state index < -0.39 is 5.97 Å². The molecule has 6 rings (SSSR count). The number of hydrogen-bond donors (Lipinski definition) is 1. The number of carboxylic acids is 1. The minimum atomic E-state index is -0.973. The third-order valence-electron chi connectivity index (χ3n) is 7.51. The summed E-state index contributed by atoms with van der Waals surface area (Å²) in [6.07, 6.45) is 2.04. The molecule has 1 fully saturated rings. The van der Waals surface area contributed by atoms with Crippen molar-refractivity contribution >= 4 is 5.97 Å². The number of carbonyl (C=O) groups is 1. The second-order valence-corrected chi connectivity index (χ2v) is 10.5. The van der Waals surface area contributed by atoms with E-state index in [1.54, 1.807) is 6.07 Å². The van der Waals surface area contributed by atoms with Gasteiger partial charge in [0.25, 0.3) is 0 Å². The van der Waals surface area contributed by atoms with Crippen LogP contribution in [-0.4, -0.2) is 40.7 Å². The SMILES string of the molecule is O=C(O)COc1cccc(CC2CCN(Cc3ccccc3-c3nc(-c4ccccc4)c(-c4ccccc4)o3)C2)c1. The Morgan fingerprint density at radius 3 is 2.41 bits per heavy atom. The summed E-state index contributed by atoms with van der Waals surface area (Å²) in [6, 6.07) is 36.5. The van der Waals surface area contributed by atoms with Crippen LogP contribution in [0.3, 0.4) is 0 Å². The lowest BCUT2D eigenvalue weighted by Gasteiger charge is -2.18. The van der Waals surface area contributed by atoms with Gasteiger partial charge in [-0.25, -0.2) is 9.78 Å². The van der Waals surface area contributed by atoms with Crippen molar-refractivity contribution in [3.63, 3.8) is 0 Å². The van der Waals surface area contributed by atoms with Gasteiger partial charge in [0.05, 0.1) is 0 Å². The van der Waals surface area contributed by atoms with Crippen LogP contribution in [0.25, 0.3) is 34.0 Å². The van der Waals surface area contributed by atoms with E-state index in [1.165, 1.54) is 11.1 Å². The quantitative estimate of drug-likeness (QED) is 0.200. The van der Waals surface area contributed by atoms with Gasteiger partial charge in [-0.05, 0) is 54.6 Å². The summed E-state index contributed by atoms with van der Waals surface area (Å²) < 4.78 is 11.9. The van der Waals surface area contributed by atoms with E-state index in [2.05, 4.69) is 53.4 Å². The Morgan fingerprint density at radius 2 is 1.63 bits per heavy atom. The van der Waals surface area contributed by atoms with Crippen molar-refractivity contribution in [3.8, 4) is 39.8 Å². The molecule has 1 saturated heterocycles. The first-order chi connectivity index (χ1) is 20.1. The summed E-state index contributed by atoms with van der Waals surface area (Å²) in [6.45, 7) is 2.50. The maximum Gasteiger partial charge on any atom is 0.341 e. The Kier molecular flexibility index (Phi) is 7.92. The smallest absolute Gasteiger partial charge is 0.341 e. The molecule has 1 N–H and O–H groups in total. The molecule has 6 nitrogen and oxygen atoms in total. The fraction of sp³-hybridized carbons (Fsp3) is 0.200. The largest absolute Gasteiger partial charge is 0.482 e. The number of ether oxygens (including phenoxy) is 1. The predicted octanol–water partition coefficient (Wildman–Crippen LogP) is 7.20. The Labute approximate surface area is 239 Å². The lowest BCUT2D eigenvalue weighted by atomic mass is 9.98. The standard InChI is InChI=1S/C35H32N2O4/c38-32(39)24-40-30-16-9-10-25(21-30)20-26-18-19-37(22-26)23-29-15-7-8-17-31(29)35-36-33(27-11-3-1-4-12-27)34(41-35)28-13-5-2-6-14-28/h1-17,21,26H,18-20,22-24H2,(H,38,39). The van der Waals surface area contributed by atoms with Gasteiger partial charge >= 0.3 is 5.97 Å². The molecule has 1 unspecified atom stereocenters. The number of rotatable bonds is 10. The van der Waals surface area contributed by atoms with E-state index >= 15 is 0 Å². The summed E-state index contributed by atoms with van der Waals surface area (Å²) in [5.74, 6) is 1.56. The number of carboxylic acid groups (broad SMARTS) is 1. The molecule has 2 heterocycles. The van der Waals surface area contributed by atoms with Gasteiger partial charge in [0.15, 0.2) is 12.4 Å². The second-order valence-electron chi connectivity index (χ2n) is 10.5. The van der Waals surface area contributed by atoms with E-state index in [9.17, 15) is 4.79 Å². The van der Waals surface area contributed by atoms with Gasteiger partial charge in [-0.15, -0.1) is 0 Å². The number of benzene rings is 4. The molecule has 5 aromatic rings. The third-order valence-corrected chi connectivity index (χ3v) is 7.51. The van der Waals surface area contributed by atoms with Crippen LogP contribution in [-0.2, 0) is 17.8 Å². The van der Waals surface area contributed by atoms with Crippen LogP contribution in [0.1, 0.15) is 17.5 Å². The molecular weight excluding hydrogens is 512 g/mol. The number of oxazole rings is 1. The van der Waals surface area contributed by atoms with Crippen molar-refractivity contribution in [2.24, 2.45) is 5.92 Å². The monoisotopic (exact) mass is 544 g/mol. The second kappa shape index (κ2) is 12.2. The van der Waals surface area contributed by atoms with Crippen molar-refractivity contribution in [2.75, 3.05) is 19.7 Å². The summed E-state index contributed by atoms with van der Waals surface area (Å²) in [5, 5.41) is 8.90. The first-order valence-corrected chi connectivity index (χ1v) is 14.0. The average Bonchev–Trinajstić information content (AvgIpc) is 3.65. The molecule has 1 atom stereocenters. The third kappa shape index (κ3) is 6.39. The first-order valence-electron chi connectivity index (χ1n) is 14.0. The highest BCUT2D eigenvalue weighted by Crippen LogP contribution is 2.37. The molecular formula is C35H32N2O4. The Hall–Kier alpha value is -4.68. The van der Waals surface area contributed by atoms with Gasteiger partial charge in [-0.3, -0.25) is 4.90 Å². The summed E-state index contributed by atoms with van der Waals surface area (Å²) >= 11 is 0. The van der Waals surface area contributed by atoms with Gasteiger partial charge in [0.1, 0.15) is 11.4 Å². The van der Waals surface area contributed by atoms with Crippen molar-refractivity contribution in [2.45, 2.75) is 19.4 Å². The average molecular weight is 545 g/mol. The van der Waals surface area contributed by atoms with Crippen molar-refractivity contribution in [3.05, 3.63) is 120 Å². The lowest BCUT2D eigenvalue weighted by Crippen LogP contribution is -2.21. The summed E-state index contributed by atoms with van der Waals surface area (Å²) in [4.78, 5) is 18.4. The molecule has 1 aromatic heterocycles. The van der Waals surface area contributed by atoms with E-state index in [4.69, 9.17) is 19.2 Å². The van der Waals surface area contributed by atoms with E-state index in [-0.39, 0.29) is 6.61 Å². The van der Waals surface area contributed by atoms with Crippen LogP contribution in [0.2, 0.25) is 0 Å². The topological polar surface area (TPSA) is 75.8 Å². The zero-order chi connectivity index (χ0) is 28.0. The lowest BCUT2D eigenvalue weighted by molar-refractivity contribution is -0.139. The number of nitrogens with zero attached hydrogens (tertiary/aromatic N) is 2. The zero-order valence-corrected chi connectivity index (χ0v) is 22.8. The Balaban J connectivity index is 1.20. The Morgan fingerprint density at radius 1 is 0.902 bits per heavy atom. The number of aromatic nitrogens is 1. The van der Waals surface area contributed by atoms with E-state index in [0.717, 1.165) is 60.6 Å². The molecule has 4 aromatic carbocycles. The van der Waals surface area contributed by atoms with Crippen LogP contribution in [0, 0.1) is 5.92 Å². The van der Waals surface area contributed by atoms with Crippen LogP contribution >= 0.6 is 0 Å². The molecule has 1 aliphatic heterocycles. The van der Waals surface area contributed by atoms with Crippen molar-refractivity contribution < 1.29 is 19.1 Å². The van der Waals surface area contributed by atoms with Gasteiger partial charge in [-0.1, -0.05) is 91.0 Å². The molecule has 0 radical (unpaired) electrons. The first kappa shape index (κ1) is 26.5.